The van der Waals surface area contributed by atoms with Gasteiger partial charge in [-0.25, -0.2) is 9.97 Å². The SMILES string of the molecule is CCC(C)Sc1cc(C#N)ncn1. The molecule has 1 aromatic heterocycles. The fraction of sp³-hybridized carbons (Fsp3) is 0.444. The Bertz CT molecular complexity index is 319. The van der Waals surface area contributed by atoms with Crippen molar-refractivity contribution in [3.05, 3.63) is 18.1 Å². The van der Waals surface area contributed by atoms with Crippen LogP contribution in [0.5, 0.6) is 0 Å². The van der Waals surface area contributed by atoms with E-state index in [9.17, 15) is 0 Å². The van der Waals surface area contributed by atoms with E-state index in [4.69, 9.17) is 5.26 Å². The first-order chi connectivity index (χ1) is 6.26. The van der Waals surface area contributed by atoms with E-state index < -0.39 is 0 Å². The second kappa shape index (κ2) is 4.83. The third-order valence-corrected chi connectivity index (χ3v) is 2.85. The Morgan fingerprint density at radius 3 is 3.00 bits per heavy atom. The molecule has 0 bridgehead atoms. The molecule has 3 nitrogen and oxygen atoms in total. The second-order valence-corrected chi connectivity index (χ2v) is 4.15. The van der Waals surface area contributed by atoms with Crippen molar-refractivity contribution in [2.45, 2.75) is 30.5 Å². The molecule has 0 saturated carbocycles. The maximum Gasteiger partial charge on any atom is 0.144 e. The van der Waals surface area contributed by atoms with Gasteiger partial charge in [0, 0.05) is 11.3 Å². The van der Waals surface area contributed by atoms with Crippen LogP contribution >= 0.6 is 11.8 Å². The second-order valence-electron chi connectivity index (χ2n) is 2.69. The van der Waals surface area contributed by atoms with Crippen LogP contribution in [0.1, 0.15) is 26.0 Å². The molecule has 4 heteroatoms. The molecule has 0 saturated heterocycles. The summed E-state index contributed by atoms with van der Waals surface area (Å²) in [5.41, 5.74) is 0.431. The Kier molecular flexibility index (Phi) is 3.71. The molecule has 0 spiro atoms. The molecule has 1 unspecified atom stereocenters. The van der Waals surface area contributed by atoms with E-state index in [2.05, 4.69) is 23.8 Å². The predicted molar refractivity (Wildman–Crippen MR) is 52.4 cm³/mol. The summed E-state index contributed by atoms with van der Waals surface area (Å²) in [6.45, 7) is 4.27. The van der Waals surface area contributed by atoms with Crippen molar-refractivity contribution in [1.82, 2.24) is 9.97 Å². The molecule has 0 aliphatic rings. The normalized spacial score (nSPS) is 12.1. The largest absolute Gasteiger partial charge is 0.230 e. The Labute approximate surface area is 82.2 Å². The van der Waals surface area contributed by atoms with E-state index in [0.29, 0.717) is 10.9 Å². The fourth-order valence-corrected chi connectivity index (χ4v) is 1.62. The van der Waals surface area contributed by atoms with Crippen molar-refractivity contribution < 1.29 is 0 Å². The van der Waals surface area contributed by atoms with Crippen LogP contribution in [0.4, 0.5) is 0 Å². The van der Waals surface area contributed by atoms with Crippen molar-refractivity contribution in [1.29, 1.82) is 5.26 Å². The third kappa shape index (κ3) is 3.03. The van der Waals surface area contributed by atoms with Gasteiger partial charge in [0.2, 0.25) is 0 Å². The number of hydrogen-bond acceptors (Lipinski definition) is 4. The number of aromatic nitrogens is 2. The number of nitrogens with zero attached hydrogens (tertiary/aromatic N) is 3. The van der Waals surface area contributed by atoms with Crippen molar-refractivity contribution in [3.63, 3.8) is 0 Å². The lowest BCUT2D eigenvalue weighted by atomic mass is 10.4. The van der Waals surface area contributed by atoms with Gasteiger partial charge < -0.3 is 0 Å². The minimum Gasteiger partial charge on any atom is -0.230 e. The highest BCUT2D eigenvalue weighted by molar-refractivity contribution is 7.99. The van der Waals surface area contributed by atoms with Crippen LogP contribution < -0.4 is 0 Å². The summed E-state index contributed by atoms with van der Waals surface area (Å²) in [5.74, 6) is 0. The van der Waals surface area contributed by atoms with Crippen LogP contribution in [0.3, 0.4) is 0 Å². The molecular formula is C9H11N3S. The molecule has 0 amide bonds. The monoisotopic (exact) mass is 193 g/mol. The Morgan fingerprint density at radius 2 is 2.38 bits per heavy atom. The standard InChI is InChI=1S/C9H11N3S/c1-3-7(2)13-9-4-8(5-10)11-6-12-9/h4,6-7H,3H2,1-2H3. The first-order valence-corrected chi connectivity index (χ1v) is 5.03. The van der Waals surface area contributed by atoms with Gasteiger partial charge in [0.1, 0.15) is 23.1 Å². The summed E-state index contributed by atoms with van der Waals surface area (Å²) in [4.78, 5) is 7.88. The van der Waals surface area contributed by atoms with Crippen molar-refractivity contribution in [2.24, 2.45) is 0 Å². The molecule has 68 valence electrons. The Morgan fingerprint density at radius 1 is 1.62 bits per heavy atom. The van der Waals surface area contributed by atoms with Gasteiger partial charge in [0.05, 0.1) is 0 Å². The van der Waals surface area contributed by atoms with Gasteiger partial charge in [0.15, 0.2) is 0 Å². The lowest BCUT2D eigenvalue weighted by Crippen LogP contribution is -1.94. The van der Waals surface area contributed by atoms with Crippen LogP contribution in [0.2, 0.25) is 0 Å². The predicted octanol–water partition coefficient (Wildman–Crippen LogP) is 2.24. The van der Waals surface area contributed by atoms with E-state index in [-0.39, 0.29) is 0 Å². The maximum absolute atomic E-state index is 8.60. The van der Waals surface area contributed by atoms with Crippen LogP contribution in [0.15, 0.2) is 17.4 Å². The third-order valence-electron chi connectivity index (χ3n) is 1.65. The van der Waals surface area contributed by atoms with Crippen molar-refractivity contribution in [3.8, 4) is 6.07 Å². The lowest BCUT2D eigenvalue weighted by Gasteiger charge is -2.05. The average Bonchev–Trinajstić information content (AvgIpc) is 2.18. The molecule has 0 aromatic carbocycles. The first kappa shape index (κ1) is 10.0. The molecule has 1 atom stereocenters. The summed E-state index contributed by atoms with van der Waals surface area (Å²) in [5, 5.41) is 10.0. The van der Waals surface area contributed by atoms with E-state index in [0.717, 1.165) is 11.4 Å². The summed E-state index contributed by atoms with van der Waals surface area (Å²) in [6.07, 6.45) is 2.53. The zero-order valence-electron chi connectivity index (χ0n) is 7.69. The van der Waals surface area contributed by atoms with E-state index in [1.807, 2.05) is 6.07 Å². The minimum absolute atomic E-state index is 0.431. The van der Waals surface area contributed by atoms with Gasteiger partial charge in [-0.2, -0.15) is 5.26 Å². The molecule has 0 fully saturated rings. The van der Waals surface area contributed by atoms with Crippen LogP contribution in [-0.4, -0.2) is 15.2 Å². The van der Waals surface area contributed by atoms with Crippen LogP contribution in [-0.2, 0) is 0 Å². The van der Waals surface area contributed by atoms with Gasteiger partial charge in [-0.05, 0) is 6.42 Å². The van der Waals surface area contributed by atoms with Gasteiger partial charge in [-0.1, -0.05) is 13.8 Å². The van der Waals surface area contributed by atoms with Gasteiger partial charge in [-0.15, -0.1) is 11.8 Å². The van der Waals surface area contributed by atoms with Crippen LogP contribution in [0.25, 0.3) is 0 Å². The molecule has 13 heavy (non-hydrogen) atoms. The summed E-state index contributed by atoms with van der Waals surface area (Å²) in [6, 6.07) is 3.71. The summed E-state index contributed by atoms with van der Waals surface area (Å²) >= 11 is 1.67. The highest BCUT2D eigenvalue weighted by Gasteiger charge is 2.03. The molecule has 0 radical (unpaired) electrons. The minimum atomic E-state index is 0.431. The molecule has 1 heterocycles. The van der Waals surface area contributed by atoms with Crippen molar-refractivity contribution in [2.75, 3.05) is 0 Å². The van der Waals surface area contributed by atoms with E-state index in [1.165, 1.54) is 6.33 Å². The number of hydrogen-bond donors (Lipinski definition) is 0. The summed E-state index contributed by atoms with van der Waals surface area (Å²) < 4.78 is 0. The Hall–Kier alpha value is -1.08. The smallest absolute Gasteiger partial charge is 0.144 e. The highest BCUT2D eigenvalue weighted by atomic mass is 32.2. The highest BCUT2D eigenvalue weighted by Crippen LogP contribution is 2.22. The molecular weight excluding hydrogens is 182 g/mol. The topological polar surface area (TPSA) is 49.6 Å². The van der Waals surface area contributed by atoms with E-state index >= 15 is 0 Å². The number of rotatable bonds is 3. The van der Waals surface area contributed by atoms with Gasteiger partial charge in [0.25, 0.3) is 0 Å². The zero-order valence-corrected chi connectivity index (χ0v) is 8.51. The van der Waals surface area contributed by atoms with E-state index in [1.54, 1.807) is 17.8 Å². The molecule has 0 N–H and O–H groups in total. The van der Waals surface area contributed by atoms with Crippen molar-refractivity contribution >= 4 is 11.8 Å². The number of thioether (sulfide) groups is 1. The first-order valence-electron chi connectivity index (χ1n) is 4.15. The molecule has 0 aliphatic heterocycles. The Balaban J connectivity index is 2.73. The van der Waals surface area contributed by atoms with Gasteiger partial charge in [-0.3, -0.25) is 0 Å². The van der Waals surface area contributed by atoms with Gasteiger partial charge >= 0.3 is 0 Å². The lowest BCUT2D eigenvalue weighted by molar-refractivity contribution is 0.898. The summed E-state index contributed by atoms with van der Waals surface area (Å²) in [7, 11) is 0. The molecule has 0 aliphatic carbocycles. The molecule has 1 aromatic rings. The quantitative estimate of drug-likeness (QED) is 0.545. The zero-order chi connectivity index (χ0) is 9.68. The average molecular weight is 193 g/mol. The fourth-order valence-electron chi connectivity index (χ4n) is 0.755. The maximum atomic E-state index is 8.60. The molecule has 1 rings (SSSR count). The number of nitriles is 1. The van der Waals surface area contributed by atoms with Crippen LogP contribution in [0, 0.1) is 11.3 Å².